The van der Waals surface area contributed by atoms with Crippen molar-refractivity contribution < 1.29 is 19.8 Å². The number of carboxylic acid groups (broad SMARTS) is 2. The summed E-state index contributed by atoms with van der Waals surface area (Å²) in [5.41, 5.74) is 0. The molecule has 0 aromatic heterocycles. The number of aliphatic carboxylic acids is 2. The molecule has 0 saturated heterocycles. The van der Waals surface area contributed by atoms with Crippen molar-refractivity contribution in [3.63, 3.8) is 0 Å². The van der Waals surface area contributed by atoms with Crippen molar-refractivity contribution in [3.8, 4) is 0 Å². The number of carboxylic acids is 2. The van der Waals surface area contributed by atoms with Gasteiger partial charge in [-0.3, -0.25) is 9.59 Å². The van der Waals surface area contributed by atoms with Crippen LogP contribution in [0.3, 0.4) is 0 Å². The van der Waals surface area contributed by atoms with Gasteiger partial charge in [0.2, 0.25) is 0 Å². The van der Waals surface area contributed by atoms with Crippen LogP contribution in [0.5, 0.6) is 0 Å². The van der Waals surface area contributed by atoms with Gasteiger partial charge in [0.15, 0.2) is 0 Å². The van der Waals surface area contributed by atoms with Crippen molar-refractivity contribution in [1.82, 2.24) is 0 Å². The van der Waals surface area contributed by atoms with Gasteiger partial charge in [0, 0.05) is 12.8 Å². The molecule has 20 heavy (non-hydrogen) atoms. The van der Waals surface area contributed by atoms with E-state index >= 15 is 0 Å². The van der Waals surface area contributed by atoms with Gasteiger partial charge in [-0.15, -0.1) is 0 Å². The van der Waals surface area contributed by atoms with Crippen molar-refractivity contribution in [2.75, 3.05) is 0 Å². The maximum Gasteiger partial charge on any atom is 0.303 e. The molecule has 112 valence electrons. The molecule has 0 spiro atoms. The normalized spacial score (nSPS) is 9.40. The summed E-state index contributed by atoms with van der Waals surface area (Å²) in [6.45, 7) is 0. The Morgan fingerprint density at radius 2 is 0.800 bits per heavy atom. The zero-order valence-electron chi connectivity index (χ0n) is 11.8. The third kappa shape index (κ3) is 16.2. The van der Waals surface area contributed by atoms with Gasteiger partial charge < -0.3 is 10.2 Å². The summed E-state index contributed by atoms with van der Waals surface area (Å²) in [6, 6.07) is 12.0. The molecule has 4 nitrogen and oxygen atoms in total. The van der Waals surface area contributed by atoms with Crippen LogP contribution in [-0.4, -0.2) is 22.2 Å². The third-order valence-electron chi connectivity index (χ3n) is 2.70. The van der Waals surface area contributed by atoms with E-state index in [9.17, 15) is 9.59 Å². The lowest BCUT2D eigenvalue weighted by Crippen LogP contribution is -1.94. The Hall–Kier alpha value is -1.84. The fourth-order valence-corrected chi connectivity index (χ4v) is 1.64. The van der Waals surface area contributed by atoms with E-state index in [1.54, 1.807) is 0 Å². The number of hydrogen-bond acceptors (Lipinski definition) is 2. The van der Waals surface area contributed by atoms with Crippen LogP contribution >= 0.6 is 0 Å². The van der Waals surface area contributed by atoms with E-state index in [2.05, 4.69) is 0 Å². The van der Waals surface area contributed by atoms with E-state index < -0.39 is 11.9 Å². The maximum atomic E-state index is 10.1. The molecule has 0 aliphatic carbocycles. The van der Waals surface area contributed by atoms with Crippen LogP contribution < -0.4 is 0 Å². The first-order valence-electron chi connectivity index (χ1n) is 7.06. The van der Waals surface area contributed by atoms with Gasteiger partial charge in [0.25, 0.3) is 0 Å². The summed E-state index contributed by atoms with van der Waals surface area (Å²) in [5.74, 6) is -1.48. The smallest absolute Gasteiger partial charge is 0.303 e. The van der Waals surface area contributed by atoms with Gasteiger partial charge in [0.1, 0.15) is 0 Å². The van der Waals surface area contributed by atoms with Gasteiger partial charge in [-0.25, -0.2) is 0 Å². The Morgan fingerprint density at radius 1 is 0.550 bits per heavy atom. The topological polar surface area (TPSA) is 74.6 Å². The molecule has 0 aliphatic rings. The molecule has 1 rings (SSSR count). The third-order valence-corrected chi connectivity index (χ3v) is 2.70. The van der Waals surface area contributed by atoms with Gasteiger partial charge in [0.05, 0.1) is 0 Å². The summed E-state index contributed by atoms with van der Waals surface area (Å²) in [6.07, 6.45) is 5.82. The summed E-state index contributed by atoms with van der Waals surface area (Å²) in [7, 11) is 0. The average molecular weight is 280 g/mol. The minimum Gasteiger partial charge on any atom is -0.481 e. The highest BCUT2D eigenvalue weighted by atomic mass is 16.4. The van der Waals surface area contributed by atoms with Gasteiger partial charge in [-0.2, -0.15) is 0 Å². The maximum absolute atomic E-state index is 10.1. The lowest BCUT2D eigenvalue weighted by Gasteiger charge is -1.98. The number of carbonyl (C=O) groups is 2. The molecule has 4 heteroatoms. The number of hydrogen-bond donors (Lipinski definition) is 2. The highest BCUT2D eigenvalue weighted by Gasteiger charge is 1.98. The number of unbranched alkanes of at least 4 members (excludes halogenated alkanes) is 5. The van der Waals surface area contributed by atoms with Crippen LogP contribution in [-0.2, 0) is 9.59 Å². The fourth-order valence-electron chi connectivity index (χ4n) is 1.64. The van der Waals surface area contributed by atoms with E-state index in [-0.39, 0.29) is 12.8 Å². The lowest BCUT2D eigenvalue weighted by atomic mass is 10.1. The molecule has 0 aliphatic heterocycles. The van der Waals surface area contributed by atoms with Crippen LogP contribution in [0.25, 0.3) is 0 Å². The second-order valence-corrected chi connectivity index (χ2v) is 4.56. The van der Waals surface area contributed by atoms with Crippen molar-refractivity contribution in [2.45, 2.75) is 51.4 Å². The molecule has 0 amide bonds. The monoisotopic (exact) mass is 280 g/mol. The summed E-state index contributed by atoms with van der Waals surface area (Å²) >= 11 is 0. The van der Waals surface area contributed by atoms with E-state index in [0.717, 1.165) is 38.5 Å². The van der Waals surface area contributed by atoms with Crippen molar-refractivity contribution in [2.24, 2.45) is 0 Å². The average Bonchev–Trinajstić information content (AvgIpc) is 2.44. The molecule has 1 aromatic carbocycles. The molecule has 0 atom stereocenters. The lowest BCUT2D eigenvalue weighted by molar-refractivity contribution is -0.138. The summed E-state index contributed by atoms with van der Waals surface area (Å²) in [4.78, 5) is 20.3. The molecule has 0 radical (unpaired) electrons. The predicted octanol–water partition coefficient (Wildman–Crippen LogP) is 3.96. The molecule has 0 heterocycles. The van der Waals surface area contributed by atoms with E-state index in [1.165, 1.54) is 0 Å². The SMILES string of the molecule is O=C(O)CCCCCCCCC(=O)O.c1ccccc1. The van der Waals surface area contributed by atoms with Gasteiger partial charge in [-0.05, 0) is 12.8 Å². The highest BCUT2D eigenvalue weighted by Crippen LogP contribution is 2.08. The van der Waals surface area contributed by atoms with Crippen LogP contribution in [0.2, 0.25) is 0 Å². The second-order valence-electron chi connectivity index (χ2n) is 4.56. The Morgan fingerprint density at radius 3 is 1.05 bits per heavy atom. The van der Waals surface area contributed by atoms with Crippen molar-refractivity contribution >= 4 is 11.9 Å². The van der Waals surface area contributed by atoms with E-state index in [4.69, 9.17) is 10.2 Å². The van der Waals surface area contributed by atoms with Crippen LogP contribution in [0.1, 0.15) is 51.4 Å². The molecule has 1 aromatic rings. The largest absolute Gasteiger partial charge is 0.481 e. The van der Waals surface area contributed by atoms with E-state index in [1.807, 2.05) is 36.4 Å². The first kappa shape index (κ1) is 18.2. The standard InChI is InChI=1S/C10H18O4.C6H6/c11-9(12)7-5-3-1-2-4-6-8-10(13)14;1-2-4-6-5-3-1/h1-8H2,(H,11,12)(H,13,14);1-6H. The second kappa shape index (κ2) is 13.6. The minimum atomic E-state index is -0.740. The highest BCUT2D eigenvalue weighted by molar-refractivity contribution is 5.66. The molecule has 0 fully saturated rings. The van der Waals surface area contributed by atoms with Crippen LogP contribution in [0.4, 0.5) is 0 Å². The minimum absolute atomic E-state index is 0.245. The predicted molar refractivity (Wildman–Crippen MR) is 78.6 cm³/mol. The Balaban J connectivity index is 0.000000493. The van der Waals surface area contributed by atoms with Crippen LogP contribution in [0, 0.1) is 0 Å². The van der Waals surface area contributed by atoms with Gasteiger partial charge >= 0.3 is 11.9 Å². The molecular weight excluding hydrogens is 256 g/mol. The molecule has 2 N–H and O–H groups in total. The molecule has 0 saturated carbocycles. The van der Waals surface area contributed by atoms with Crippen LogP contribution in [0.15, 0.2) is 36.4 Å². The number of benzene rings is 1. The molecule has 0 bridgehead atoms. The Bertz CT molecular complexity index is 302. The fraction of sp³-hybridized carbons (Fsp3) is 0.500. The Kier molecular flexibility index (Phi) is 12.3. The zero-order valence-corrected chi connectivity index (χ0v) is 11.8. The molecular formula is C16H24O4. The van der Waals surface area contributed by atoms with Gasteiger partial charge in [-0.1, -0.05) is 62.1 Å². The number of rotatable bonds is 9. The summed E-state index contributed by atoms with van der Waals surface area (Å²) in [5, 5.41) is 16.7. The zero-order chi connectivity index (χ0) is 15.1. The van der Waals surface area contributed by atoms with Crippen molar-refractivity contribution in [1.29, 1.82) is 0 Å². The van der Waals surface area contributed by atoms with E-state index in [0.29, 0.717) is 0 Å². The van der Waals surface area contributed by atoms with Crippen molar-refractivity contribution in [3.05, 3.63) is 36.4 Å². The summed E-state index contributed by atoms with van der Waals surface area (Å²) < 4.78 is 0. The Labute approximate surface area is 120 Å². The quantitative estimate of drug-likeness (QED) is 0.671. The molecule has 0 unspecified atom stereocenters. The first-order valence-corrected chi connectivity index (χ1v) is 7.06. The first-order chi connectivity index (χ1) is 9.63.